The van der Waals surface area contributed by atoms with E-state index in [2.05, 4.69) is 30.4 Å². The van der Waals surface area contributed by atoms with Gasteiger partial charge in [-0.2, -0.15) is 0 Å². The van der Waals surface area contributed by atoms with E-state index in [-0.39, 0.29) is 36.0 Å². The monoisotopic (exact) mass is 788 g/mol. The van der Waals surface area contributed by atoms with E-state index in [0.717, 1.165) is 22.3 Å². The maximum absolute atomic E-state index is 13.6. The van der Waals surface area contributed by atoms with Crippen LogP contribution >= 0.6 is 0 Å². The molecule has 2 saturated heterocycles. The Morgan fingerprint density at radius 1 is 0.596 bits per heavy atom. The van der Waals surface area contributed by atoms with Gasteiger partial charge in [0.05, 0.1) is 11.8 Å². The molecule has 2 aliphatic rings. The molecule has 0 aliphatic carbocycles. The van der Waals surface area contributed by atoms with Crippen LogP contribution in [0, 0.1) is 23.7 Å². The summed E-state index contributed by atoms with van der Waals surface area (Å²) in [6, 6.07) is 16.5. The summed E-state index contributed by atoms with van der Waals surface area (Å²) in [6.07, 6.45) is 6.61. The Hall–Kier alpha value is -4.34. The molecule has 2 fully saturated rings. The summed E-state index contributed by atoms with van der Waals surface area (Å²) in [5, 5.41) is 0. The van der Waals surface area contributed by atoms with Crippen LogP contribution < -0.4 is 0 Å². The minimum Gasteiger partial charge on any atom is -0.460 e. The van der Waals surface area contributed by atoms with Gasteiger partial charge in [0, 0.05) is 26.2 Å². The molecule has 10 heteroatoms. The second-order valence-corrected chi connectivity index (χ2v) is 19.8. The minimum atomic E-state index is -0.628. The highest BCUT2D eigenvalue weighted by Crippen LogP contribution is 2.33. The molecule has 2 aliphatic heterocycles. The summed E-state index contributed by atoms with van der Waals surface area (Å²) in [4.78, 5) is 56.3. The lowest BCUT2D eigenvalue weighted by Gasteiger charge is -2.28. The van der Waals surface area contributed by atoms with Crippen molar-refractivity contribution in [1.82, 2.24) is 9.80 Å². The summed E-state index contributed by atoms with van der Waals surface area (Å²) >= 11 is 0. The predicted octanol–water partition coefficient (Wildman–Crippen LogP) is 9.46. The van der Waals surface area contributed by atoms with Crippen LogP contribution in [0.2, 0.25) is 0 Å². The van der Waals surface area contributed by atoms with Crippen molar-refractivity contribution in [2.75, 3.05) is 26.2 Å². The van der Waals surface area contributed by atoms with E-state index in [1.54, 1.807) is 9.80 Å². The Balaban J connectivity index is 1.44. The molecule has 0 unspecified atom stereocenters. The zero-order valence-electron chi connectivity index (χ0n) is 36.6. The van der Waals surface area contributed by atoms with Gasteiger partial charge in [0.1, 0.15) is 22.4 Å². The summed E-state index contributed by atoms with van der Waals surface area (Å²) in [6.45, 7) is 24.4. The fraction of sp³-hybridized carbons (Fsp3) is 0.617. The highest BCUT2D eigenvalue weighted by molar-refractivity contribution is 5.75. The van der Waals surface area contributed by atoms with Gasteiger partial charge >= 0.3 is 24.1 Å². The predicted molar refractivity (Wildman–Crippen MR) is 224 cm³/mol. The molecule has 0 N–H and O–H groups in total. The number of nitrogens with zero attached hydrogens (tertiary/aromatic N) is 2. The Morgan fingerprint density at radius 2 is 1.00 bits per heavy atom. The van der Waals surface area contributed by atoms with Gasteiger partial charge in [-0.15, -0.1) is 0 Å². The second-order valence-electron chi connectivity index (χ2n) is 19.8. The van der Waals surface area contributed by atoms with Gasteiger partial charge in [-0.3, -0.25) is 9.59 Å². The SMILES string of the molecule is CC(C)(C)OC(=O)[C@@H](Cc1cccc(C/C=C/c2cccc(C[C@H](C(=O)OC(C)(C)C)[C@H]3CCN(C(=O)OC(C)(C)C)C3)c2)c1)[C@@H]1CCN(C(=O)OC(C)(C)C)C1. The molecule has 2 aromatic rings. The lowest BCUT2D eigenvalue weighted by Crippen LogP contribution is -2.38. The molecule has 0 spiro atoms. The number of carbonyl (C=O) groups excluding carboxylic acids is 4. The molecule has 0 radical (unpaired) electrons. The molecular formula is C47H68N2O8. The zero-order valence-corrected chi connectivity index (χ0v) is 36.6. The molecule has 0 aromatic heterocycles. The minimum absolute atomic E-state index is 0.0457. The summed E-state index contributed by atoms with van der Waals surface area (Å²) in [5.41, 5.74) is 1.77. The number of ether oxygens (including phenoxy) is 4. The third kappa shape index (κ3) is 15.2. The summed E-state index contributed by atoms with van der Waals surface area (Å²) < 4.78 is 23.0. The third-order valence-electron chi connectivity index (χ3n) is 9.83. The van der Waals surface area contributed by atoms with E-state index in [1.807, 2.05) is 113 Å². The summed E-state index contributed by atoms with van der Waals surface area (Å²) in [7, 11) is 0. The summed E-state index contributed by atoms with van der Waals surface area (Å²) in [5.74, 6) is -1.40. The molecule has 314 valence electrons. The van der Waals surface area contributed by atoms with Crippen molar-refractivity contribution in [2.24, 2.45) is 23.7 Å². The first kappa shape index (κ1) is 45.4. The van der Waals surface area contributed by atoms with Crippen LogP contribution in [0.25, 0.3) is 6.08 Å². The molecule has 57 heavy (non-hydrogen) atoms. The molecule has 10 nitrogen and oxygen atoms in total. The molecular weight excluding hydrogens is 721 g/mol. The van der Waals surface area contributed by atoms with Gasteiger partial charge in [0.2, 0.25) is 0 Å². The van der Waals surface area contributed by atoms with E-state index in [0.29, 0.717) is 58.3 Å². The van der Waals surface area contributed by atoms with E-state index in [1.165, 1.54) is 0 Å². The largest absolute Gasteiger partial charge is 0.460 e. The smallest absolute Gasteiger partial charge is 0.410 e. The average molecular weight is 789 g/mol. The quantitative estimate of drug-likeness (QED) is 0.164. The maximum atomic E-state index is 13.6. The van der Waals surface area contributed by atoms with Crippen molar-refractivity contribution in [3.05, 3.63) is 76.9 Å². The fourth-order valence-electron chi connectivity index (χ4n) is 7.40. The molecule has 4 atom stereocenters. The van der Waals surface area contributed by atoms with Gasteiger partial charge in [0.25, 0.3) is 0 Å². The number of benzene rings is 2. The van der Waals surface area contributed by atoms with E-state index < -0.39 is 34.2 Å². The average Bonchev–Trinajstić information content (AvgIpc) is 3.75. The third-order valence-corrected chi connectivity index (χ3v) is 9.83. The Morgan fingerprint density at radius 3 is 1.44 bits per heavy atom. The number of carbonyl (C=O) groups is 4. The van der Waals surface area contributed by atoms with Crippen LogP contribution in [0.3, 0.4) is 0 Å². The van der Waals surface area contributed by atoms with Gasteiger partial charge in [-0.05, 0) is 149 Å². The normalized spacial score (nSPS) is 19.0. The first-order chi connectivity index (χ1) is 26.3. The molecule has 0 bridgehead atoms. The molecule has 2 aromatic carbocycles. The van der Waals surface area contributed by atoms with E-state index in [4.69, 9.17) is 18.9 Å². The zero-order chi connectivity index (χ0) is 42.3. The van der Waals surface area contributed by atoms with Crippen LogP contribution in [0.5, 0.6) is 0 Å². The number of esters is 2. The molecule has 2 heterocycles. The van der Waals surface area contributed by atoms with E-state index >= 15 is 0 Å². The first-order valence-electron chi connectivity index (χ1n) is 20.6. The highest BCUT2D eigenvalue weighted by Gasteiger charge is 2.40. The second kappa shape index (κ2) is 18.5. The van der Waals surface area contributed by atoms with Gasteiger partial charge < -0.3 is 28.7 Å². The number of rotatable bonds is 11. The number of hydrogen-bond acceptors (Lipinski definition) is 8. The number of likely N-dealkylation sites (tertiary alicyclic amines) is 2. The van der Waals surface area contributed by atoms with Crippen molar-refractivity contribution in [3.63, 3.8) is 0 Å². The van der Waals surface area contributed by atoms with Crippen molar-refractivity contribution >= 4 is 30.2 Å². The maximum Gasteiger partial charge on any atom is 0.410 e. The van der Waals surface area contributed by atoms with Gasteiger partial charge in [0.15, 0.2) is 0 Å². The number of hydrogen-bond donors (Lipinski definition) is 0. The van der Waals surface area contributed by atoms with Crippen molar-refractivity contribution in [2.45, 2.75) is 138 Å². The Labute approximate surface area is 341 Å². The molecule has 2 amide bonds. The van der Waals surface area contributed by atoms with Crippen molar-refractivity contribution in [1.29, 1.82) is 0 Å². The van der Waals surface area contributed by atoms with Gasteiger partial charge in [-0.1, -0.05) is 60.7 Å². The van der Waals surface area contributed by atoms with Crippen LogP contribution in [-0.2, 0) is 47.8 Å². The van der Waals surface area contributed by atoms with Crippen LogP contribution in [0.15, 0.2) is 54.6 Å². The number of amides is 2. The fourth-order valence-corrected chi connectivity index (χ4v) is 7.40. The Kier molecular flexibility index (Phi) is 14.7. The lowest BCUT2D eigenvalue weighted by atomic mass is 9.85. The van der Waals surface area contributed by atoms with Crippen LogP contribution in [0.1, 0.15) is 118 Å². The number of allylic oxidation sites excluding steroid dienone is 1. The van der Waals surface area contributed by atoms with Gasteiger partial charge in [-0.25, -0.2) is 9.59 Å². The highest BCUT2D eigenvalue weighted by atomic mass is 16.6. The Bertz CT molecular complexity index is 1740. The standard InChI is InChI=1S/C47H68N2O8/c1-44(2,3)54-40(50)38(36-22-24-48(30-36)42(52)56-46(7,8)9)28-34-20-14-18-32(26-34)16-13-17-33-19-15-21-35(27-33)29-39(41(51)55-45(4,5)6)37-23-25-49(31-37)43(53)57-47(10,11)12/h13-16,18-21,26-27,36-39H,17,22-25,28-31H2,1-12H3/b16-13+/t36-,37+,38-,39-/m0/s1. The molecule has 4 rings (SSSR count). The van der Waals surface area contributed by atoms with E-state index in [9.17, 15) is 19.2 Å². The van der Waals surface area contributed by atoms with Crippen LogP contribution in [0.4, 0.5) is 9.59 Å². The first-order valence-corrected chi connectivity index (χ1v) is 20.6. The topological polar surface area (TPSA) is 112 Å². The van der Waals surface area contributed by atoms with Crippen LogP contribution in [-0.4, -0.2) is 82.5 Å². The van der Waals surface area contributed by atoms with Crippen molar-refractivity contribution in [3.8, 4) is 0 Å². The lowest BCUT2D eigenvalue weighted by molar-refractivity contribution is -0.163. The molecule has 0 saturated carbocycles. The van der Waals surface area contributed by atoms with Crippen molar-refractivity contribution < 1.29 is 38.1 Å².